The molecule has 1 N–H and O–H groups in total. The van der Waals surface area contributed by atoms with Crippen LogP contribution in [-0.2, 0) is 4.84 Å². The lowest BCUT2D eigenvalue weighted by atomic mass is 9.57. The van der Waals surface area contributed by atoms with Gasteiger partial charge in [0.15, 0.2) is 0 Å². The van der Waals surface area contributed by atoms with Crippen molar-refractivity contribution in [1.29, 1.82) is 0 Å². The van der Waals surface area contributed by atoms with Crippen LogP contribution in [-0.4, -0.2) is 12.6 Å². The van der Waals surface area contributed by atoms with Crippen LogP contribution in [0.25, 0.3) is 0 Å². The first-order chi connectivity index (χ1) is 6.37. The predicted molar refractivity (Wildman–Crippen MR) is 53.3 cm³/mol. The number of rotatable bonds is 3. The van der Waals surface area contributed by atoms with E-state index in [4.69, 9.17) is 4.84 Å². The minimum Gasteiger partial charge on any atom is -0.302 e. The molecular weight excluding hydrogens is 162 g/mol. The van der Waals surface area contributed by atoms with Crippen LogP contribution < -0.4 is 5.48 Å². The maximum atomic E-state index is 5.31. The summed E-state index contributed by atoms with van der Waals surface area (Å²) in [5, 5.41) is 0. The molecule has 0 aromatic heterocycles. The molecule has 0 amide bonds. The van der Waals surface area contributed by atoms with Crippen LogP contribution in [0, 0.1) is 5.41 Å². The van der Waals surface area contributed by atoms with Gasteiger partial charge in [-0.2, -0.15) is 5.48 Å². The Morgan fingerprint density at radius 1 is 1.23 bits per heavy atom. The van der Waals surface area contributed by atoms with Gasteiger partial charge in [-0.05, 0) is 38.0 Å². The predicted octanol–water partition coefficient (Wildman–Crippen LogP) is 2.64. The zero-order valence-corrected chi connectivity index (χ0v) is 8.64. The summed E-state index contributed by atoms with van der Waals surface area (Å²) in [5.41, 5.74) is 3.86. The first kappa shape index (κ1) is 9.47. The lowest BCUT2D eigenvalue weighted by Crippen LogP contribution is -2.54. The van der Waals surface area contributed by atoms with Crippen molar-refractivity contribution in [2.75, 3.05) is 6.61 Å². The first-order valence-corrected chi connectivity index (χ1v) is 5.75. The fourth-order valence-electron chi connectivity index (χ4n) is 2.92. The molecule has 76 valence electrons. The van der Waals surface area contributed by atoms with Crippen LogP contribution in [0.1, 0.15) is 51.9 Å². The van der Waals surface area contributed by atoms with E-state index in [0.29, 0.717) is 11.5 Å². The second-order valence-corrected chi connectivity index (χ2v) is 4.57. The molecule has 2 nitrogen and oxygen atoms in total. The highest BCUT2D eigenvalue weighted by atomic mass is 16.6. The quantitative estimate of drug-likeness (QED) is 0.679. The summed E-state index contributed by atoms with van der Waals surface area (Å²) >= 11 is 0. The highest BCUT2D eigenvalue weighted by Gasteiger charge is 2.46. The van der Waals surface area contributed by atoms with E-state index in [0.717, 1.165) is 6.61 Å². The smallest absolute Gasteiger partial charge is 0.0654 e. The molecule has 0 bridgehead atoms. The van der Waals surface area contributed by atoms with Crippen molar-refractivity contribution in [3.63, 3.8) is 0 Å². The Hall–Kier alpha value is -0.0800. The Morgan fingerprint density at radius 2 is 2.00 bits per heavy atom. The van der Waals surface area contributed by atoms with Crippen LogP contribution in [0.2, 0.25) is 0 Å². The molecule has 0 radical (unpaired) electrons. The van der Waals surface area contributed by atoms with Gasteiger partial charge in [0.2, 0.25) is 0 Å². The van der Waals surface area contributed by atoms with Gasteiger partial charge in [-0.3, -0.25) is 0 Å². The minimum absolute atomic E-state index is 0.632. The van der Waals surface area contributed by atoms with Crippen molar-refractivity contribution in [3.05, 3.63) is 0 Å². The molecule has 2 heteroatoms. The summed E-state index contributed by atoms with van der Waals surface area (Å²) in [4.78, 5) is 5.31. The highest BCUT2D eigenvalue weighted by molar-refractivity contribution is 5.00. The van der Waals surface area contributed by atoms with Gasteiger partial charge in [0.05, 0.1) is 6.61 Å². The summed E-state index contributed by atoms with van der Waals surface area (Å²) in [7, 11) is 0. The zero-order valence-electron chi connectivity index (χ0n) is 8.64. The molecule has 1 unspecified atom stereocenters. The SMILES string of the molecule is CCONC1CCC12CCCCC2. The lowest BCUT2D eigenvalue weighted by molar-refractivity contribution is -0.0800. The van der Waals surface area contributed by atoms with Crippen molar-refractivity contribution in [2.45, 2.75) is 57.9 Å². The van der Waals surface area contributed by atoms with Gasteiger partial charge in [0.1, 0.15) is 0 Å². The summed E-state index contributed by atoms with van der Waals surface area (Å²) in [6, 6.07) is 0.660. The molecule has 1 spiro atoms. The first-order valence-electron chi connectivity index (χ1n) is 5.75. The molecular formula is C11H21NO. The highest BCUT2D eigenvalue weighted by Crippen LogP contribution is 2.51. The van der Waals surface area contributed by atoms with Crippen molar-refractivity contribution in [1.82, 2.24) is 5.48 Å². The Bertz CT molecular complexity index is 163. The molecule has 0 aromatic carbocycles. The zero-order chi connectivity index (χ0) is 9.15. The third-order valence-corrected chi connectivity index (χ3v) is 3.89. The standard InChI is InChI=1S/C11H21NO/c1-2-13-12-10-6-9-11(10)7-4-3-5-8-11/h10,12H,2-9H2,1H3. The largest absolute Gasteiger partial charge is 0.302 e. The number of hydrogen-bond donors (Lipinski definition) is 1. The Morgan fingerprint density at radius 3 is 2.54 bits per heavy atom. The summed E-state index contributed by atoms with van der Waals surface area (Å²) < 4.78 is 0. The molecule has 2 rings (SSSR count). The maximum absolute atomic E-state index is 5.31. The second kappa shape index (κ2) is 3.97. The number of nitrogens with one attached hydrogen (secondary N) is 1. The van der Waals surface area contributed by atoms with Gasteiger partial charge in [-0.25, -0.2) is 0 Å². The fraction of sp³-hybridized carbons (Fsp3) is 1.00. The van der Waals surface area contributed by atoms with Crippen LogP contribution in [0.4, 0.5) is 0 Å². The molecule has 13 heavy (non-hydrogen) atoms. The average Bonchev–Trinajstić information content (AvgIpc) is 2.18. The van der Waals surface area contributed by atoms with Gasteiger partial charge in [-0.15, -0.1) is 0 Å². The average molecular weight is 183 g/mol. The van der Waals surface area contributed by atoms with Crippen molar-refractivity contribution in [3.8, 4) is 0 Å². The van der Waals surface area contributed by atoms with Gasteiger partial charge in [0, 0.05) is 6.04 Å². The molecule has 2 fully saturated rings. The maximum Gasteiger partial charge on any atom is 0.0654 e. The van der Waals surface area contributed by atoms with Crippen LogP contribution in [0.15, 0.2) is 0 Å². The van der Waals surface area contributed by atoms with E-state index >= 15 is 0 Å². The Labute approximate surface area is 81.0 Å². The van der Waals surface area contributed by atoms with Gasteiger partial charge < -0.3 is 4.84 Å². The molecule has 0 aromatic rings. The second-order valence-electron chi connectivity index (χ2n) is 4.57. The molecule has 0 heterocycles. The van der Waals surface area contributed by atoms with Gasteiger partial charge in [-0.1, -0.05) is 19.3 Å². The lowest BCUT2D eigenvalue weighted by Gasteiger charge is -2.52. The van der Waals surface area contributed by atoms with E-state index < -0.39 is 0 Å². The molecule has 2 saturated carbocycles. The van der Waals surface area contributed by atoms with Crippen molar-refractivity contribution in [2.24, 2.45) is 5.41 Å². The van der Waals surface area contributed by atoms with Crippen LogP contribution in [0.5, 0.6) is 0 Å². The molecule has 2 aliphatic carbocycles. The van der Waals surface area contributed by atoms with Crippen molar-refractivity contribution < 1.29 is 4.84 Å². The molecule has 2 aliphatic rings. The third kappa shape index (κ3) is 1.75. The Kier molecular flexibility index (Phi) is 2.89. The van der Waals surface area contributed by atoms with E-state index in [1.807, 2.05) is 6.92 Å². The van der Waals surface area contributed by atoms with Crippen LogP contribution in [0.3, 0.4) is 0 Å². The van der Waals surface area contributed by atoms with Crippen molar-refractivity contribution >= 4 is 0 Å². The van der Waals surface area contributed by atoms with E-state index in [9.17, 15) is 0 Å². The Balaban J connectivity index is 1.83. The summed E-state index contributed by atoms with van der Waals surface area (Å²) in [6.45, 7) is 2.83. The summed E-state index contributed by atoms with van der Waals surface area (Å²) in [6.07, 6.45) is 9.92. The molecule has 1 atom stereocenters. The van der Waals surface area contributed by atoms with Crippen LogP contribution >= 0.6 is 0 Å². The fourth-order valence-corrected chi connectivity index (χ4v) is 2.92. The monoisotopic (exact) mass is 183 g/mol. The van der Waals surface area contributed by atoms with E-state index in [2.05, 4.69) is 5.48 Å². The van der Waals surface area contributed by atoms with Gasteiger partial charge >= 0.3 is 0 Å². The number of hydroxylamine groups is 1. The third-order valence-electron chi connectivity index (χ3n) is 3.89. The van der Waals surface area contributed by atoms with E-state index in [1.54, 1.807) is 0 Å². The summed E-state index contributed by atoms with van der Waals surface area (Å²) in [5.74, 6) is 0. The minimum atomic E-state index is 0.632. The van der Waals surface area contributed by atoms with Gasteiger partial charge in [0.25, 0.3) is 0 Å². The topological polar surface area (TPSA) is 21.3 Å². The van der Waals surface area contributed by atoms with E-state index in [-0.39, 0.29) is 0 Å². The van der Waals surface area contributed by atoms with E-state index in [1.165, 1.54) is 44.9 Å². The normalized spacial score (nSPS) is 31.6. The molecule has 0 saturated heterocycles. The number of hydrogen-bond acceptors (Lipinski definition) is 2. The molecule has 0 aliphatic heterocycles.